The van der Waals surface area contributed by atoms with Crippen molar-refractivity contribution in [2.45, 2.75) is 37.0 Å². The van der Waals surface area contributed by atoms with Crippen molar-refractivity contribution in [3.05, 3.63) is 148 Å². The highest BCUT2D eigenvalue weighted by Gasteiger charge is 2.52. The van der Waals surface area contributed by atoms with E-state index in [1.807, 2.05) is 48.5 Å². The SMILES string of the molecule is CC1(C)c2ccccc2C(c2cccc([NH+]=CC=C(N)C(F)(F)F)n2)(c2cccc(-n3cc(C(F)(F)F)cn3)n2)c2ccccc21. The predicted octanol–water partition coefficient (Wildman–Crippen LogP) is 5.89. The average molecular weight is 634 g/mol. The molecule has 0 atom stereocenters. The second kappa shape index (κ2) is 11.0. The minimum absolute atomic E-state index is 0.155. The smallest absolute Gasteiger partial charge is 0.395 e. The first-order valence-corrected chi connectivity index (χ1v) is 14.1. The summed E-state index contributed by atoms with van der Waals surface area (Å²) in [6.07, 6.45) is -5.89. The van der Waals surface area contributed by atoms with Crippen molar-refractivity contribution in [3.63, 3.8) is 0 Å². The lowest BCUT2D eigenvalue weighted by atomic mass is 9.56. The van der Waals surface area contributed by atoms with Gasteiger partial charge in [-0.1, -0.05) is 68.4 Å². The van der Waals surface area contributed by atoms with Crippen LogP contribution in [0.15, 0.2) is 109 Å². The van der Waals surface area contributed by atoms with Crippen LogP contribution in [0.3, 0.4) is 0 Å². The summed E-state index contributed by atoms with van der Waals surface area (Å²) in [6.45, 7) is 4.22. The lowest BCUT2D eigenvalue weighted by Gasteiger charge is -2.45. The van der Waals surface area contributed by atoms with E-state index in [0.717, 1.165) is 45.5 Å². The number of hydrogen-bond donors (Lipinski definition) is 2. The second-order valence-electron chi connectivity index (χ2n) is 11.4. The molecule has 3 aromatic heterocycles. The van der Waals surface area contributed by atoms with Crippen LogP contribution in [0.5, 0.6) is 0 Å². The number of benzene rings is 2. The summed E-state index contributed by atoms with van der Waals surface area (Å²) >= 11 is 0. The standard InChI is InChI=1S/C34H26F6N6/c1-31(2)22-9-3-5-11-24(22)32(25-12-6-4-10-23(25)31,27-13-7-15-29(44-27)42-18-17-26(41)34(38,39)40)28-14-8-16-30(45-28)46-20-21(19-43-46)33(35,36)37/h3-20H,41H2,1-2H3/p+1. The predicted molar refractivity (Wildman–Crippen MR) is 160 cm³/mol. The maximum absolute atomic E-state index is 13.4. The molecule has 0 unspecified atom stereocenters. The summed E-state index contributed by atoms with van der Waals surface area (Å²) in [7, 11) is 0. The van der Waals surface area contributed by atoms with Gasteiger partial charge in [-0.05, 0) is 51.5 Å². The number of pyridine rings is 2. The molecule has 0 aliphatic heterocycles. The molecule has 0 saturated carbocycles. The first kappa shape index (κ1) is 30.8. The molecule has 1 aliphatic carbocycles. The Hall–Kier alpha value is -5.26. The second-order valence-corrected chi connectivity index (χ2v) is 11.4. The van der Waals surface area contributed by atoms with Gasteiger partial charge in [-0.2, -0.15) is 31.4 Å². The Labute approximate surface area is 260 Å². The van der Waals surface area contributed by atoms with Crippen molar-refractivity contribution in [2.24, 2.45) is 5.73 Å². The van der Waals surface area contributed by atoms with E-state index < -0.39 is 34.4 Å². The lowest BCUT2D eigenvalue weighted by molar-refractivity contribution is -0.352. The van der Waals surface area contributed by atoms with Gasteiger partial charge in [-0.3, -0.25) is 0 Å². The molecule has 0 saturated heterocycles. The van der Waals surface area contributed by atoms with Gasteiger partial charge in [-0.25, -0.2) is 14.7 Å². The Balaban J connectivity index is 1.63. The Morgan fingerprint density at radius 2 is 1.33 bits per heavy atom. The van der Waals surface area contributed by atoms with Crippen molar-refractivity contribution in [1.82, 2.24) is 19.7 Å². The fourth-order valence-corrected chi connectivity index (χ4v) is 6.07. The molecule has 46 heavy (non-hydrogen) atoms. The monoisotopic (exact) mass is 633 g/mol. The molecule has 0 bridgehead atoms. The van der Waals surface area contributed by atoms with Gasteiger partial charge in [0.25, 0.3) is 0 Å². The van der Waals surface area contributed by atoms with Crippen LogP contribution in [0.1, 0.15) is 53.1 Å². The van der Waals surface area contributed by atoms with Gasteiger partial charge in [0.1, 0.15) is 11.1 Å². The van der Waals surface area contributed by atoms with Crippen LogP contribution < -0.4 is 10.7 Å². The van der Waals surface area contributed by atoms with E-state index in [1.54, 1.807) is 36.4 Å². The van der Waals surface area contributed by atoms with Crippen LogP contribution >= 0.6 is 0 Å². The van der Waals surface area contributed by atoms with Crippen molar-refractivity contribution in [3.8, 4) is 5.82 Å². The minimum atomic E-state index is -4.69. The van der Waals surface area contributed by atoms with Gasteiger partial charge in [0.2, 0.25) is 0 Å². The number of nitrogens with one attached hydrogen (secondary N) is 1. The summed E-state index contributed by atoms with van der Waals surface area (Å²) < 4.78 is 80.3. The zero-order valence-corrected chi connectivity index (χ0v) is 24.5. The molecule has 3 N–H and O–H groups in total. The van der Waals surface area contributed by atoms with E-state index in [9.17, 15) is 26.3 Å². The van der Waals surface area contributed by atoms with Crippen molar-refractivity contribution in [2.75, 3.05) is 0 Å². The third-order valence-corrected chi connectivity index (χ3v) is 8.23. The fourth-order valence-electron chi connectivity index (χ4n) is 6.07. The van der Waals surface area contributed by atoms with E-state index in [4.69, 9.17) is 15.7 Å². The van der Waals surface area contributed by atoms with Crippen LogP contribution in [-0.4, -0.2) is 32.1 Å². The van der Waals surface area contributed by atoms with Crippen molar-refractivity contribution >= 4 is 12.0 Å². The zero-order valence-electron chi connectivity index (χ0n) is 24.5. The molecule has 1 aliphatic rings. The largest absolute Gasteiger partial charge is 0.430 e. The van der Waals surface area contributed by atoms with Crippen LogP contribution in [0.2, 0.25) is 0 Å². The molecule has 5 aromatic rings. The molecule has 0 spiro atoms. The fraction of sp³-hybridized carbons (Fsp3) is 0.176. The summed E-state index contributed by atoms with van der Waals surface area (Å²) in [5.41, 5.74) is 5.88. The summed E-state index contributed by atoms with van der Waals surface area (Å²) in [4.78, 5) is 12.6. The molecule has 0 radical (unpaired) electrons. The number of allylic oxidation sites excluding steroid dienone is 2. The highest BCUT2D eigenvalue weighted by atomic mass is 19.4. The molecule has 0 fully saturated rings. The molecule has 6 rings (SSSR count). The Bertz CT molecular complexity index is 1940. The molecule has 2 aromatic carbocycles. The normalized spacial score (nSPS) is 15.9. The van der Waals surface area contributed by atoms with E-state index in [1.165, 1.54) is 0 Å². The van der Waals surface area contributed by atoms with Crippen molar-refractivity contribution < 1.29 is 31.3 Å². The van der Waals surface area contributed by atoms with Crippen LogP contribution in [-0.2, 0) is 17.0 Å². The topological polar surface area (TPSA) is 83.6 Å². The van der Waals surface area contributed by atoms with E-state index >= 15 is 0 Å². The van der Waals surface area contributed by atoms with Gasteiger partial charge < -0.3 is 5.73 Å². The lowest BCUT2D eigenvalue weighted by Crippen LogP contribution is -2.62. The maximum Gasteiger partial charge on any atom is 0.430 e. The molecular formula is C34H27F6N6+. The summed E-state index contributed by atoms with van der Waals surface area (Å²) in [6, 6.07) is 25.8. The van der Waals surface area contributed by atoms with Crippen molar-refractivity contribution in [1.29, 1.82) is 0 Å². The van der Waals surface area contributed by atoms with Gasteiger partial charge in [0.05, 0.1) is 23.7 Å². The number of fused-ring (bicyclic) bond motifs is 2. The van der Waals surface area contributed by atoms with Crippen LogP contribution in [0, 0.1) is 0 Å². The molecule has 3 heterocycles. The maximum atomic E-state index is 13.4. The number of alkyl halides is 6. The summed E-state index contributed by atoms with van der Waals surface area (Å²) in [5.74, 6) is 0.392. The third-order valence-electron chi connectivity index (χ3n) is 8.23. The Morgan fingerprint density at radius 1 is 0.761 bits per heavy atom. The number of nitrogens with two attached hydrogens (primary N) is 1. The molecular weight excluding hydrogens is 606 g/mol. The van der Waals surface area contributed by atoms with Gasteiger partial charge in [0.15, 0.2) is 11.5 Å². The Morgan fingerprint density at radius 3 is 1.89 bits per heavy atom. The molecule has 12 heteroatoms. The number of hydrogen-bond acceptors (Lipinski definition) is 4. The quantitative estimate of drug-likeness (QED) is 0.187. The molecule has 6 nitrogen and oxygen atoms in total. The van der Waals surface area contributed by atoms with Gasteiger partial charge in [0, 0.05) is 23.8 Å². The van der Waals surface area contributed by atoms with Crippen LogP contribution in [0.25, 0.3) is 5.82 Å². The van der Waals surface area contributed by atoms with Gasteiger partial charge >= 0.3 is 18.2 Å². The zero-order chi connectivity index (χ0) is 32.9. The molecule has 0 amide bonds. The van der Waals surface area contributed by atoms with Gasteiger partial charge in [-0.15, -0.1) is 0 Å². The highest BCUT2D eigenvalue weighted by molar-refractivity contribution is 5.69. The first-order chi connectivity index (χ1) is 21.7. The minimum Gasteiger partial charge on any atom is -0.395 e. The summed E-state index contributed by atoms with van der Waals surface area (Å²) in [5, 5.41) is 3.93. The van der Waals surface area contributed by atoms with E-state index in [0.29, 0.717) is 17.5 Å². The number of aromatic nitrogens is 4. The number of halogens is 6. The number of rotatable bonds is 5. The first-order valence-electron chi connectivity index (χ1n) is 14.1. The average Bonchev–Trinajstić information content (AvgIpc) is 3.53. The Kier molecular flexibility index (Phi) is 7.33. The highest BCUT2D eigenvalue weighted by Crippen LogP contribution is 2.55. The third kappa shape index (κ3) is 5.13. The van der Waals surface area contributed by atoms with E-state index in [-0.39, 0.29) is 11.6 Å². The van der Waals surface area contributed by atoms with E-state index in [2.05, 4.69) is 23.9 Å². The van der Waals surface area contributed by atoms with Crippen LogP contribution in [0.4, 0.5) is 32.2 Å². The molecule has 234 valence electrons. The number of nitrogens with zero attached hydrogens (tertiary/aromatic N) is 4.